The van der Waals surface area contributed by atoms with Crippen LogP contribution in [0.1, 0.15) is 43.0 Å². The van der Waals surface area contributed by atoms with Crippen LogP contribution in [0.4, 0.5) is 5.82 Å². The number of anilines is 1. The SMILES string of the molecule is CCCCCN(C)c1nc(C)cc(C)c1C(=N)N. The van der Waals surface area contributed by atoms with Gasteiger partial charge >= 0.3 is 0 Å². The number of nitrogen functional groups attached to an aromatic ring is 1. The molecule has 4 nitrogen and oxygen atoms in total. The van der Waals surface area contributed by atoms with Gasteiger partial charge in [-0.1, -0.05) is 19.8 Å². The largest absolute Gasteiger partial charge is 0.384 e. The van der Waals surface area contributed by atoms with Gasteiger partial charge < -0.3 is 10.6 Å². The van der Waals surface area contributed by atoms with Crippen molar-refractivity contribution in [1.82, 2.24) is 4.98 Å². The van der Waals surface area contributed by atoms with Crippen molar-refractivity contribution in [1.29, 1.82) is 5.41 Å². The zero-order valence-corrected chi connectivity index (χ0v) is 11.9. The lowest BCUT2D eigenvalue weighted by atomic mass is 10.1. The molecule has 0 aliphatic rings. The molecule has 0 aliphatic heterocycles. The van der Waals surface area contributed by atoms with Crippen LogP contribution in [0.2, 0.25) is 0 Å². The number of aryl methyl sites for hydroxylation is 2. The van der Waals surface area contributed by atoms with Crippen molar-refractivity contribution in [2.45, 2.75) is 40.0 Å². The molecule has 100 valence electrons. The molecule has 0 amide bonds. The van der Waals surface area contributed by atoms with Crippen LogP contribution in [0.15, 0.2) is 6.07 Å². The van der Waals surface area contributed by atoms with Crippen molar-refractivity contribution < 1.29 is 0 Å². The summed E-state index contributed by atoms with van der Waals surface area (Å²) in [4.78, 5) is 6.64. The average Bonchev–Trinajstić information content (AvgIpc) is 2.27. The molecule has 1 aromatic heterocycles. The maximum atomic E-state index is 7.71. The third kappa shape index (κ3) is 3.45. The zero-order valence-electron chi connectivity index (χ0n) is 11.9. The van der Waals surface area contributed by atoms with Crippen molar-refractivity contribution >= 4 is 11.7 Å². The molecule has 4 heteroatoms. The molecule has 0 aliphatic carbocycles. The van der Waals surface area contributed by atoms with Gasteiger partial charge in [-0.25, -0.2) is 4.98 Å². The molecule has 0 fully saturated rings. The maximum absolute atomic E-state index is 7.71. The van der Waals surface area contributed by atoms with Gasteiger partial charge in [0.2, 0.25) is 0 Å². The molecular weight excluding hydrogens is 224 g/mol. The van der Waals surface area contributed by atoms with E-state index in [-0.39, 0.29) is 5.84 Å². The lowest BCUT2D eigenvalue weighted by molar-refractivity contribution is 0.700. The second-order valence-corrected chi connectivity index (χ2v) is 4.82. The number of nitrogens with one attached hydrogen (secondary N) is 1. The van der Waals surface area contributed by atoms with Crippen LogP contribution in [0.5, 0.6) is 0 Å². The molecule has 0 saturated carbocycles. The second kappa shape index (κ2) is 6.38. The number of amidine groups is 1. The standard InChI is InChI=1S/C14H24N4/c1-5-6-7-8-18(4)14-12(13(15)16)10(2)9-11(3)17-14/h9H,5-8H2,1-4H3,(H3,15,16). The first-order valence-corrected chi connectivity index (χ1v) is 6.51. The summed E-state index contributed by atoms with van der Waals surface area (Å²) in [6.45, 7) is 7.09. The summed E-state index contributed by atoms with van der Waals surface area (Å²) in [5.74, 6) is 0.924. The minimum Gasteiger partial charge on any atom is -0.384 e. The number of unbranched alkanes of at least 4 members (excludes halogenated alkanes) is 2. The van der Waals surface area contributed by atoms with Gasteiger partial charge in [0.25, 0.3) is 0 Å². The van der Waals surface area contributed by atoms with Crippen molar-refractivity contribution in [3.63, 3.8) is 0 Å². The predicted octanol–water partition coefficient (Wildman–Crippen LogP) is 2.61. The van der Waals surface area contributed by atoms with E-state index >= 15 is 0 Å². The number of nitrogens with zero attached hydrogens (tertiary/aromatic N) is 2. The smallest absolute Gasteiger partial charge is 0.139 e. The highest BCUT2D eigenvalue weighted by Gasteiger charge is 2.14. The Balaban J connectivity index is 3.02. The third-order valence-electron chi connectivity index (χ3n) is 3.05. The van der Waals surface area contributed by atoms with Crippen molar-refractivity contribution in [2.75, 3.05) is 18.5 Å². The van der Waals surface area contributed by atoms with Gasteiger partial charge in [0, 0.05) is 19.3 Å². The van der Waals surface area contributed by atoms with E-state index in [0.29, 0.717) is 0 Å². The highest BCUT2D eigenvalue weighted by molar-refractivity contribution is 6.01. The van der Waals surface area contributed by atoms with Crippen molar-refractivity contribution in [3.05, 3.63) is 22.9 Å². The van der Waals surface area contributed by atoms with E-state index in [1.807, 2.05) is 27.0 Å². The maximum Gasteiger partial charge on any atom is 0.139 e. The minimum absolute atomic E-state index is 0.0948. The van der Waals surface area contributed by atoms with Crippen LogP contribution in [0.25, 0.3) is 0 Å². The minimum atomic E-state index is 0.0948. The summed E-state index contributed by atoms with van der Waals surface area (Å²) in [5.41, 5.74) is 8.43. The number of hydrogen-bond donors (Lipinski definition) is 2. The van der Waals surface area contributed by atoms with Crippen molar-refractivity contribution in [3.8, 4) is 0 Å². The normalized spacial score (nSPS) is 10.4. The molecule has 18 heavy (non-hydrogen) atoms. The van der Waals surface area contributed by atoms with Gasteiger partial charge in [-0.05, 0) is 31.9 Å². The monoisotopic (exact) mass is 248 g/mol. The average molecular weight is 248 g/mol. The molecule has 0 unspecified atom stereocenters. The molecule has 1 heterocycles. The van der Waals surface area contributed by atoms with Gasteiger partial charge in [0.1, 0.15) is 11.7 Å². The molecule has 0 atom stereocenters. The zero-order chi connectivity index (χ0) is 13.7. The summed E-state index contributed by atoms with van der Waals surface area (Å²) >= 11 is 0. The summed E-state index contributed by atoms with van der Waals surface area (Å²) in [7, 11) is 2.02. The molecule has 1 rings (SSSR count). The van der Waals surface area contributed by atoms with Crippen LogP contribution < -0.4 is 10.6 Å². The molecule has 0 saturated heterocycles. The lowest BCUT2D eigenvalue weighted by Gasteiger charge is -2.22. The van der Waals surface area contributed by atoms with Crippen molar-refractivity contribution in [2.24, 2.45) is 5.73 Å². The van der Waals surface area contributed by atoms with Gasteiger partial charge in [-0.3, -0.25) is 5.41 Å². The van der Waals surface area contributed by atoms with Crippen LogP contribution >= 0.6 is 0 Å². The molecule has 1 aromatic rings. The Morgan fingerprint density at radius 3 is 2.61 bits per heavy atom. The first-order valence-electron chi connectivity index (χ1n) is 6.51. The first kappa shape index (κ1) is 14.5. The summed E-state index contributed by atoms with van der Waals surface area (Å²) in [5, 5.41) is 7.71. The first-order chi connectivity index (χ1) is 8.47. The topological polar surface area (TPSA) is 66.0 Å². The van der Waals surface area contributed by atoms with Gasteiger partial charge in [-0.15, -0.1) is 0 Å². The van der Waals surface area contributed by atoms with Crippen LogP contribution in [0, 0.1) is 19.3 Å². The molecule has 0 bridgehead atoms. The lowest BCUT2D eigenvalue weighted by Crippen LogP contribution is -2.25. The number of aromatic nitrogens is 1. The highest BCUT2D eigenvalue weighted by Crippen LogP contribution is 2.21. The number of pyridine rings is 1. The van der Waals surface area contributed by atoms with Gasteiger partial charge in [0.05, 0.1) is 5.56 Å². The van der Waals surface area contributed by atoms with Crippen LogP contribution in [-0.4, -0.2) is 24.4 Å². The fraction of sp³-hybridized carbons (Fsp3) is 0.571. The third-order valence-corrected chi connectivity index (χ3v) is 3.05. The summed E-state index contributed by atoms with van der Waals surface area (Å²) in [6.07, 6.45) is 3.55. The Morgan fingerprint density at radius 1 is 1.39 bits per heavy atom. The van der Waals surface area contributed by atoms with E-state index in [9.17, 15) is 0 Å². The Bertz CT molecular complexity index is 426. The van der Waals surface area contributed by atoms with Gasteiger partial charge in [-0.2, -0.15) is 0 Å². The fourth-order valence-electron chi connectivity index (χ4n) is 2.13. The van der Waals surface area contributed by atoms with E-state index in [4.69, 9.17) is 11.1 Å². The number of rotatable bonds is 6. The highest BCUT2D eigenvalue weighted by atomic mass is 15.2. The van der Waals surface area contributed by atoms with Crippen LogP contribution in [-0.2, 0) is 0 Å². The molecule has 3 N–H and O–H groups in total. The summed E-state index contributed by atoms with van der Waals surface area (Å²) in [6, 6.07) is 1.97. The Kier molecular flexibility index (Phi) is 5.13. The van der Waals surface area contributed by atoms with Crippen LogP contribution in [0.3, 0.4) is 0 Å². The quantitative estimate of drug-likeness (QED) is 0.462. The number of hydrogen-bond acceptors (Lipinski definition) is 3. The molecule has 0 radical (unpaired) electrons. The molecule has 0 spiro atoms. The van der Waals surface area contributed by atoms with E-state index in [1.165, 1.54) is 12.8 Å². The van der Waals surface area contributed by atoms with Gasteiger partial charge in [0.15, 0.2) is 0 Å². The Morgan fingerprint density at radius 2 is 2.06 bits per heavy atom. The fourth-order valence-corrected chi connectivity index (χ4v) is 2.13. The summed E-state index contributed by atoms with van der Waals surface area (Å²) < 4.78 is 0. The van der Waals surface area contributed by atoms with E-state index < -0.39 is 0 Å². The number of nitrogens with two attached hydrogens (primary N) is 1. The Labute approximate surface area is 110 Å². The molecule has 0 aromatic carbocycles. The predicted molar refractivity (Wildman–Crippen MR) is 77.5 cm³/mol. The Hall–Kier alpha value is -1.58. The van der Waals surface area contributed by atoms with E-state index in [1.54, 1.807) is 0 Å². The molecular formula is C14H24N4. The second-order valence-electron chi connectivity index (χ2n) is 4.82. The van der Waals surface area contributed by atoms with E-state index in [2.05, 4.69) is 16.8 Å². The van der Waals surface area contributed by atoms with E-state index in [0.717, 1.165) is 35.6 Å².